The Kier molecular flexibility index (Phi) is 4.45. The van der Waals surface area contributed by atoms with Crippen LogP contribution in [0.5, 0.6) is 5.75 Å². The third-order valence-corrected chi connectivity index (χ3v) is 4.88. The number of rotatable bonds is 5. The second kappa shape index (κ2) is 6.32. The Balaban J connectivity index is 1.73. The van der Waals surface area contributed by atoms with Gasteiger partial charge < -0.3 is 10.4 Å². The van der Waals surface area contributed by atoms with Crippen LogP contribution in [0.25, 0.3) is 0 Å². The van der Waals surface area contributed by atoms with E-state index in [-0.39, 0.29) is 17.6 Å². The topological polar surface area (TPSA) is 35.5 Å². The van der Waals surface area contributed by atoms with Gasteiger partial charge in [-0.05, 0) is 57.7 Å². The summed E-state index contributed by atoms with van der Waals surface area (Å²) in [4.78, 5) is 2.52. The van der Waals surface area contributed by atoms with Crippen LogP contribution in [0.15, 0.2) is 18.2 Å². The van der Waals surface area contributed by atoms with Crippen molar-refractivity contribution in [2.45, 2.75) is 44.7 Å². The molecule has 1 saturated carbocycles. The predicted octanol–water partition coefficient (Wildman–Crippen LogP) is 3.06. The summed E-state index contributed by atoms with van der Waals surface area (Å²) in [7, 11) is 0. The molecule has 1 atom stereocenters. The number of phenolic OH excluding ortho intramolecular Hbond substituents is 1. The van der Waals surface area contributed by atoms with Crippen molar-refractivity contribution in [2.24, 2.45) is 5.92 Å². The van der Waals surface area contributed by atoms with Crippen LogP contribution >= 0.6 is 0 Å². The smallest absolute Gasteiger partial charge is 0.126 e. The number of hydrogen-bond acceptors (Lipinski definition) is 3. The molecule has 1 saturated heterocycles. The van der Waals surface area contributed by atoms with E-state index in [1.165, 1.54) is 37.8 Å². The summed E-state index contributed by atoms with van der Waals surface area (Å²) in [5.74, 6) is 0.440. The number of nitrogens with one attached hydrogen (secondary N) is 1. The molecule has 2 fully saturated rings. The van der Waals surface area contributed by atoms with E-state index in [2.05, 4.69) is 17.1 Å². The van der Waals surface area contributed by atoms with Gasteiger partial charge in [0, 0.05) is 30.3 Å². The maximum Gasteiger partial charge on any atom is 0.126 e. The van der Waals surface area contributed by atoms with Crippen LogP contribution in [0, 0.1) is 11.7 Å². The molecule has 116 valence electrons. The summed E-state index contributed by atoms with van der Waals surface area (Å²) in [6.45, 7) is 5.44. The highest BCUT2D eigenvalue weighted by molar-refractivity contribution is 5.35. The first-order chi connectivity index (χ1) is 10.1. The minimum atomic E-state index is -0.375. The molecule has 2 N–H and O–H groups in total. The van der Waals surface area contributed by atoms with Gasteiger partial charge in [0.05, 0.1) is 0 Å². The van der Waals surface area contributed by atoms with Crippen molar-refractivity contribution < 1.29 is 9.50 Å². The minimum Gasteiger partial charge on any atom is -0.508 e. The summed E-state index contributed by atoms with van der Waals surface area (Å²) in [5, 5.41) is 13.5. The first-order valence-electron chi connectivity index (χ1n) is 8.10. The number of aromatic hydroxyl groups is 1. The average molecular weight is 292 g/mol. The number of nitrogens with zero attached hydrogens (tertiary/aromatic N) is 1. The summed E-state index contributed by atoms with van der Waals surface area (Å²) >= 11 is 0. The number of phenols is 1. The average Bonchev–Trinajstić information content (AvgIpc) is 3.30. The van der Waals surface area contributed by atoms with Gasteiger partial charge in [0.2, 0.25) is 0 Å². The maximum absolute atomic E-state index is 13.2. The summed E-state index contributed by atoms with van der Waals surface area (Å²) in [5.41, 5.74) is 0.845. The van der Waals surface area contributed by atoms with Gasteiger partial charge in [-0.1, -0.05) is 6.07 Å². The second-order valence-corrected chi connectivity index (χ2v) is 6.50. The second-order valence-electron chi connectivity index (χ2n) is 6.50. The Morgan fingerprint density at radius 1 is 1.29 bits per heavy atom. The SMILES string of the molecule is CC(c1ccc(F)cc1O)N(CC1CCNCC1)C1CC1. The summed E-state index contributed by atoms with van der Waals surface area (Å²) in [6, 6.07) is 5.18. The highest BCUT2D eigenvalue weighted by Gasteiger charge is 2.35. The zero-order valence-electron chi connectivity index (χ0n) is 12.7. The molecule has 0 amide bonds. The predicted molar refractivity (Wildman–Crippen MR) is 81.8 cm³/mol. The Hall–Kier alpha value is -1.13. The molecule has 4 heteroatoms. The Morgan fingerprint density at radius 2 is 2.00 bits per heavy atom. The quantitative estimate of drug-likeness (QED) is 0.875. The molecule has 0 spiro atoms. The zero-order valence-corrected chi connectivity index (χ0v) is 12.7. The van der Waals surface area contributed by atoms with Crippen molar-refractivity contribution in [1.29, 1.82) is 0 Å². The first-order valence-corrected chi connectivity index (χ1v) is 8.10. The zero-order chi connectivity index (χ0) is 14.8. The van der Waals surface area contributed by atoms with Crippen LogP contribution in [0.3, 0.4) is 0 Å². The molecule has 0 bridgehead atoms. The fraction of sp³-hybridized carbons (Fsp3) is 0.647. The molecule has 1 unspecified atom stereocenters. The molecule has 0 aromatic heterocycles. The van der Waals surface area contributed by atoms with Gasteiger partial charge in [-0.3, -0.25) is 4.90 Å². The largest absolute Gasteiger partial charge is 0.508 e. The third kappa shape index (κ3) is 3.55. The molecule has 1 aromatic rings. The molecule has 1 aliphatic heterocycles. The lowest BCUT2D eigenvalue weighted by Gasteiger charge is -2.34. The minimum absolute atomic E-state index is 0.0819. The Morgan fingerprint density at radius 3 is 2.62 bits per heavy atom. The van der Waals surface area contributed by atoms with Crippen LogP contribution in [0.2, 0.25) is 0 Å². The normalized spacial score (nSPS) is 21.7. The molecule has 0 radical (unpaired) electrons. The van der Waals surface area contributed by atoms with E-state index in [4.69, 9.17) is 0 Å². The highest BCUT2D eigenvalue weighted by atomic mass is 19.1. The van der Waals surface area contributed by atoms with Crippen LogP contribution in [0.4, 0.5) is 4.39 Å². The van der Waals surface area contributed by atoms with E-state index < -0.39 is 0 Å². The fourth-order valence-electron chi connectivity index (χ4n) is 3.44. The third-order valence-electron chi connectivity index (χ3n) is 4.88. The Labute approximate surface area is 126 Å². The van der Waals surface area contributed by atoms with Gasteiger partial charge in [0.1, 0.15) is 11.6 Å². The number of halogens is 1. The van der Waals surface area contributed by atoms with Gasteiger partial charge in [-0.25, -0.2) is 4.39 Å². The van der Waals surface area contributed by atoms with Crippen LogP contribution in [0.1, 0.15) is 44.2 Å². The Bertz CT molecular complexity index is 484. The first kappa shape index (κ1) is 14.8. The van der Waals surface area contributed by atoms with Gasteiger partial charge >= 0.3 is 0 Å². The van der Waals surface area contributed by atoms with E-state index in [1.807, 2.05) is 0 Å². The van der Waals surface area contributed by atoms with Crippen molar-refractivity contribution in [3.05, 3.63) is 29.6 Å². The molecule has 2 aliphatic rings. The van der Waals surface area contributed by atoms with E-state index in [0.29, 0.717) is 6.04 Å². The number of benzene rings is 1. The summed E-state index contributed by atoms with van der Waals surface area (Å²) in [6.07, 6.45) is 4.95. The molecule has 1 aromatic carbocycles. The van der Waals surface area contributed by atoms with Gasteiger partial charge in [0.15, 0.2) is 0 Å². The molecule has 3 nitrogen and oxygen atoms in total. The van der Waals surface area contributed by atoms with E-state index in [0.717, 1.165) is 31.1 Å². The van der Waals surface area contributed by atoms with Gasteiger partial charge in [0.25, 0.3) is 0 Å². The molecule has 1 aliphatic carbocycles. The van der Waals surface area contributed by atoms with Crippen molar-refractivity contribution in [2.75, 3.05) is 19.6 Å². The standard InChI is InChI=1S/C17H25FN2O/c1-12(16-5-2-14(18)10-17(16)21)20(15-3-4-15)11-13-6-8-19-9-7-13/h2,5,10,12-13,15,19,21H,3-4,6-9,11H2,1H3. The monoisotopic (exact) mass is 292 g/mol. The summed E-state index contributed by atoms with van der Waals surface area (Å²) < 4.78 is 13.2. The lowest BCUT2D eigenvalue weighted by Crippen LogP contribution is -2.38. The van der Waals surface area contributed by atoms with Gasteiger partial charge in [-0.2, -0.15) is 0 Å². The van der Waals surface area contributed by atoms with Crippen LogP contribution in [-0.2, 0) is 0 Å². The molecule has 21 heavy (non-hydrogen) atoms. The molecule has 3 rings (SSSR count). The van der Waals surface area contributed by atoms with Crippen molar-refractivity contribution in [3.63, 3.8) is 0 Å². The number of piperidine rings is 1. The van der Waals surface area contributed by atoms with Crippen molar-refractivity contribution in [1.82, 2.24) is 10.2 Å². The lowest BCUT2D eigenvalue weighted by atomic mass is 9.95. The van der Waals surface area contributed by atoms with E-state index in [9.17, 15) is 9.50 Å². The highest BCUT2D eigenvalue weighted by Crippen LogP contribution is 2.38. The molecular formula is C17H25FN2O. The number of hydrogen-bond donors (Lipinski definition) is 2. The van der Waals surface area contributed by atoms with Gasteiger partial charge in [-0.15, -0.1) is 0 Å². The van der Waals surface area contributed by atoms with Crippen molar-refractivity contribution >= 4 is 0 Å². The van der Waals surface area contributed by atoms with E-state index in [1.54, 1.807) is 6.07 Å². The molecule has 1 heterocycles. The van der Waals surface area contributed by atoms with Crippen molar-refractivity contribution in [3.8, 4) is 5.75 Å². The fourth-order valence-corrected chi connectivity index (χ4v) is 3.44. The maximum atomic E-state index is 13.2. The van der Waals surface area contributed by atoms with Crippen LogP contribution < -0.4 is 5.32 Å². The molecular weight excluding hydrogens is 267 g/mol. The van der Waals surface area contributed by atoms with Crippen LogP contribution in [-0.4, -0.2) is 35.7 Å². The lowest BCUT2D eigenvalue weighted by molar-refractivity contribution is 0.150. The van der Waals surface area contributed by atoms with E-state index >= 15 is 0 Å².